The Kier molecular flexibility index (Phi) is 3.19. The lowest BCUT2D eigenvalue weighted by Crippen LogP contribution is -2.15. The SMILES string of the molecule is COC(=O)c1ccccc1C(=O)ON. The molecule has 0 fully saturated rings. The van der Waals surface area contributed by atoms with E-state index in [1.807, 2.05) is 0 Å². The molecule has 0 aliphatic heterocycles. The van der Waals surface area contributed by atoms with Gasteiger partial charge in [-0.25, -0.2) is 9.59 Å². The van der Waals surface area contributed by atoms with Crippen molar-refractivity contribution in [3.05, 3.63) is 35.4 Å². The molecule has 1 aromatic rings. The van der Waals surface area contributed by atoms with Gasteiger partial charge in [0, 0.05) is 0 Å². The van der Waals surface area contributed by atoms with Crippen molar-refractivity contribution < 1.29 is 19.2 Å². The molecule has 1 aromatic carbocycles. The Hall–Kier alpha value is -1.88. The van der Waals surface area contributed by atoms with Crippen molar-refractivity contribution >= 4 is 11.9 Å². The first-order valence-corrected chi connectivity index (χ1v) is 3.79. The minimum atomic E-state index is -0.772. The molecule has 0 aliphatic rings. The maximum atomic E-state index is 11.2. The average Bonchev–Trinajstić information content (AvgIpc) is 2.27. The molecule has 0 saturated carbocycles. The maximum absolute atomic E-state index is 11.2. The van der Waals surface area contributed by atoms with Gasteiger partial charge in [0.25, 0.3) is 0 Å². The molecule has 1 rings (SSSR count). The van der Waals surface area contributed by atoms with Crippen LogP contribution in [0.4, 0.5) is 0 Å². The second-order valence-corrected chi connectivity index (χ2v) is 2.44. The zero-order valence-corrected chi connectivity index (χ0v) is 7.52. The number of carbonyl (C=O) groups is 2. The highest BCUT2D eigenvalue weighted by Gasteiger charge is 2.17. The first kappa shape index (κ1) is 10.2. The number of ether oxygens (including phenoxy) is 1. The van der Waals surface area contributed by atoms with Gasteiger partial charge in [-0.1, -0.05) is 12.1 Å². The summed E-state index contributed by atoms with van der Waals surface area (Å²) in [5.41, 5.74) is 0.215. The number of carbonyl (C=O) groups excluding carboxylic acids is 2. The molecule has 5 heteroatoms. The van der Waals surface area contributed by atoms with E-state index in [4.69, 9.17) is 5.90 Å². The van der Waals surface area contributed by atoms with E-state index in [2.05, 4.69) is 9.57 Å². The standard InChI is InChI=1S/C9H9NO4/c1-13-8(11)6-4-2-3-5-7(6)9(12)14-10/h2-5H,10H2,1H3. The van der Waals surface area contributed by atoms with Gasteiger partial charge >= 0.3 is 11.9 Å². The van der Waals surface area contributed by atoms with Crippen LogP contribution in [-0.2, 0) is 9.57 Å². The molecule has 0 bridgehead atoms. The van der Waals surface area contributed by atoms with Gasteiger partial charge in [0.15, 0.2) is 0 Å². The normalized spacial score (nSPS) is 9.29. The molecule has 5 nitrogen and oxygen atoms in total. The smallest absolute Gasteiger partial charge is 0.357 e. The van der Waals surface area contributed by atoms with E-state index in [0.29, 0.717) is 0 Å². The van der Waals surface area contributed by atoms with Crippen molar-refractivity contribution in [2.24, 2.45) is 5.90 Å². The first-order chi connectivity index (χ1) is 6.70. The highest BCUT2D eigenvalue weighted by molar-refractivity contribution is 6.02. The van der Waals surface area contributed by atoms with Crippen molar-refractivity contribution in [1.29, 1.82) is 0 Å². The lowest BCUT2D eigenvalue weighted by molar-refractivity contribution is 0.0485. The number of benzene rings is 1. The summed E-state index contributed by atoms with van der Waals surface area (Å²) in [4.78, 5) is 26.3. The third-order valence-corrected chi connectivity index (χ3v) is 1.66. The topological polar surface area (TPSA) is 78.6 Å². The number of esters is 1. The van der Waals surface area contributed by atoms with Crippen LogP contribution in [0, 0.1) is 0 Å². The summed E-state index contributed by atoms with van der Waals surface area (Å²) in [6, 6.07) is 6.10. The summed E-state index contributed by atoms with van der Waals surface area (Å²) in [5, 5.41) is 0. The van der Waals surface area contributed by atoms with Crippen LogP contribution in [0.1, 0.15) is 20.7 Å². The quantitative estimate of drug-likeness (QED) is 0.549. The molecule has 0 atom stereocenters. The number of nitrogens with two attached hydrogens (primary N) is 1. The number of hydrogen-bond donors (Lipinski definition) is 1. The predicted octanol–water partition coefficient (Wildman–Crippen LogP) is 0.504. The highest BCUT2D eigenvalue weighted by Crippen LogP contribution is 2.10. The third kappa shape index (κ3) is 1.89. The van der Waals surface area contributed by atoms with E-state index in [9.17, 15) is 9.59 Å². The summed E-state index contributed by atoms with van der Waals surface area (Å²) in [6.07, 6.45) is 0. The van der Waals surface area contributed by atoms with Crippen molar-refractivity contribution in [2.75, 3.05) is 7.11 Å². The lowest BCUT2D eigenvalue weighted by atomic mass is 10.1. The van der Waals surface area contributed by atoms with Crippen LogP contribution in [0.5, 0.6) is 0 Å². The van der Waals surface area contributed by atoms with E-state index in [1.165, 1.54) is 19.2 Å². The molecule has 0 saturated heterocycles. The molecule has 0 aliphatic carbocycles. The van der Waals surface area contributed by atoms with Crippen LogP contribution in [0.15, 0.2) is 24.3 Å². The van der Waals surface area contributed by atoms with Crippen LogP contribution < -0.4 is 5.90 Å². The van der Waals surface area contributed by atoms with E-state index in [0.717, 1.165) is 0 Å². The Morgan fingerprint density at radius 3 is 2.07 bits per heavy atom. The van der Waals surface area contributed by atoms with Gasteiger partial charge in [-0.05, 0) is 12.1 Å². The van der Waals surface area contributed by atoms with Crippen molar-refractivity contribution in [3.63, 3.8) is 0 Å². The third-order valence-electron chi connectivity index (χ3n) is 1.66. The molecule has 0 radical (unpaired) electrons. The Morgan fingerprint density at radius 1 is 1.14 bits per heavy atom. The van der Waals surface area contributed by atoms with Gasteiger partial charge < -0.3 is 9.57 Å². The summed E-state index contributed by atoms with van der Waals surface area (Å²) < 4.78 is 4.48. The van der Waals surface area contributed by atoms with Gasteiger partial charge in [-0.15, -0.1) is 0 Å². The Morgan fingerprint density at radius 2 is 1.64 bits per heavy atom. The molecular weight excluding hydrogens is 186 g/mol. The Labute approximate surface area is 80.4 Å². The molecule has 0 unspecified atom stereocenters. The second-order valence-electron chi connectivity index (χ2n) is 2.44. The number of rotatable bonds is 2. The van der Waals surface area contributed by atoms with Crippen LogP contribution in [0.25, 0.3) is 0 Å². The monoisotopic (exact) mass is 195 g/mol. The fraction of sp³-hybridized carbons (Fsp3) is 0.111. The summed E-state index contributed by atoms with van der Waals surface area (Å²) in [5.74, 6) is 3.34. The minimum absolute atomic E-state index is 0.0850. The van der Waals surface area contributed by atoms with E-state index >= 15 is 0 Å². The maximum Gasteiger partial charge on any atom is 0.357 e. The molecule has 2 N–H and O–H groups in total. The average molecular weight is 195 g/mol. The van der Waals surface area contributed by atoms with Crippen molar-refractivity contribution in [2.45, 2.75) is 0 Å². The van der Waals surface area contributed by atoms with Gasteiger partial charge in [0.05, 0.1) is 18.2 Å². The first-order valence-electron chi connectivity index (χ1n) is 3.79. The zero-order valence-electron chi connectivity index (χ0n) is 7.52. The second kappa shape index (κ2) is 4.38. The Balaban J connectivity index is 3.15. The Bertz CT molecular complexity index is 327. The van der Waals surface area contributed by atoms with Gasteiger partial charge in [-0.2, -0.15) is 5.90 Å². The molecule has 0 heterocycles. The fourth-order valence-electron chi connectivity index (χ4n) is 1.01. The molecule has 0 spiro atoms. The van der Waals surface area contributed by atoms with Crippen LogP contribution in [-0.4, -0.2) is 19.0 Å². The largest absolute Gasteiger partial charge is 0.465 e. The minimum Gasteiger partial charge on any atom is -0.465 e. The number of methoxy groups -OCH3 is 1. The molecule has 0 aromatic heterocycles. The van der Waals surface area contributed by atoms with Gasteiger partial charge in [0.2, 0.25) is 0 Å². The van der Waals surface area contributed by atoms with E-state index < -0.39 is 11.9 Å². The van der Waals surface area contributed by atoms with Crippen molar-refractivity contribution in [3.8, 4) is 0 Å². The predicted molar refractivity (Wildman–Crippen MR) is 47.4 cm³/mol. The van der Waals surface area contributed by atoms with Gasteiger partial charge in [0.1, 0.15) is 0 Å². The highest BCUT2D eigenvalue weighted by atomic mass is 16.7. The summed E-state index contributed by atoms with van der Waals surface area (Å²) in [6.45, 7) is 0. The fourth-order valence-corrected chi connectivity index (χ4v) is 1.01. The molecule has 0 amide bonds. The van der Waals surface area contributed by atoms with Crippen LogP contribution in [0.2, 0.25) is 0 Å². The van der Waals surface area contributed by atoms with Gasteiger partial charge in [-0.3, -0.25) is 0 Å². The lowest BCUT2D eigenvalue weighted by Gasteiger charge is -2.04. The van der Waals surface area contributed by atoms with Crippen LogP contribution >= 0.6 is 0 Å². The van der Waals surface area contributed by atoms with E-state index in [-0.39, 0.29) is 11.1 Å². The van der Waals surface area contributed by atoms with E-state index in [1.54, 1.807) is 12.1 Å². The van der Waals surface area contributed by atoms with Crippen LogP contribution in [0.3, 0.4) is 0 Å². The molecular formula is C9H9NO4. The molecule has 14 heavy (non-hydrogen) atoms. The summed E-state index contributed by atoms with van der Waals surface area (Å²) >= 11 is 0. The molecule has 74 valence electrons. The zero-order chi connectivity index (χ0) is 10.6. The van der Waals surface area contributed by atoms with Crippen molar-refractivity contribution in [1.82, 2.24) is 0 Å². The number of hydrogen-bond acceptors (Lipinski definition) is 5. The summed E-state index contributed by atoms with van der Waals surface area (Å²) in [7, 11) is 1.23.